The van der Waals surface area contributed by atoms with E-state index in [0.717, 1.165) is 53.8 Å². The summed E-state index contributed by atoms with van der Waals surface area (Å²) in [4.78, 5) is 22.5. The molecule has 0 radical (unpaired) electrons. The molecule has 206 valence electrons. The van der Waals surface area contributed by atoms with E-state index in [-0.39, 0.29) is 0 Å². The molecule has 6 rings (SSSR count). The highest BCUT2D eigenvalue weighted by molar-refractivity contribution is 5.91. The highest BCUT2D eigenvalue weighted by Gasteiger charge is 2.38. The van der Waals surface area contributed by atoms with Gasteiger partial charge in [-0.3, -0.25) is 9.67 Å². The summed E-state index contributed by atoms with van der Waals surface area (Å²) < 4.78 is 40.0. The minimum atomic E-state index is -5.08. The topological polar surface area (TPSA) is 145 Å². The second-order valence-electron chi connectivity index (χ2n) is 9.04. The summed E-state index contributed by atoms with van der Waals surface area (Å²) in [5, 5.41) is 15.1. The molecule has 4 aromatic heterocycles. The van der Waals surface area contributed by atoms with Crippen LogP contribution in [0.1, 0.15) is 18.9 Å². The molecule has 0 unspecified atom stereocenters. The number of nitrogens with one attached hydrogen (secondary N) is 1. The molecule has 13 heteroatoms. The number of fused-ring (bicyclic) bond motifs is 1. The predicted octanol–water partition coefficient (Wildman–Crippen LogP) is 4.96. The molecule has 0 atom stereocenters. The van der Waals surface area contributed by atoms with Gasteiger partial charge in [-0.1, -0.05) is 12.1 Å². The third kappa shape index (κ3) is 5.78. The van der Waals surface area contributed by atoms with E-state index in [1.54, 1.807) is 12.4 Å². The maximum Gasteiger partial charge on any atom is 0.490 e. The summed E-state index contributed by atoms with van der Waals surface area (Å²) in [5.41, 5.74) is 12.0. The summed E-state index contributed by atoms with van der Waals surface area (Å²) >= 11 is 0. The number of carbonyl (C=O) groups is 1. The van der Waals surface area contributed by atoms with Gasteiger partial charge in [-0.25, -0.2) is 14.8 Å². The first-order chi connectivity index (χ1) is 19.2. The van der Waals surface area contributed by atoms with Crippen molar-refractivity contribution in [2.24, 2.45) is 0 Å². The fourth-order valence-corrected chi connectivity index (χ4v) is 4.35. The molecule has 0 spiro atoms. The van der Waals surface area contributed by atoms with Crippen molar-refractivity contribution in [1.82, 2.24) is 30.0 Å². The van der Waals surface area contributed by atoms with Crippen LogP contribution in [0.5, 0.6) is 0 Å². The van der Waals surface area contributed by atoms with Crippen LogP contribution < -0.4 is 11.1 Å². The molecule has 1 aromatic carbocycles. The second-order valence-corrected chi connectivity index (χ2v) is 9.04. The number of carboxylic acids is 1. The lowest BCUT2D eigenvalue weighted by molar-refractivity contribution is -0.192. The van der Waals surface area contributed by atoms with Crippen molar-refractivity contribution < 1.29 is 27.5 Å². The Labute approximate surface area is 225 Å². The molecule has 1 aliphatic heterocycles. The molecule has 0 bridgehead atoms. The number of oxazole rings is 1. The minimum Gasteiger partial charge on any atom is -0.475 e. The SMILES string of the molecule is Nc1ncc(-c2cnn(C3CCNCC3)c2)cc1-c1nc2cccc(-c3ccccn3)c2o1.O=C(O)C(F)(F)F. The molecule has 0 amide bonds. The van der Waals surface area contributed by atoms with E-state index < -0.39 is 12.1 Å². The Morgan fingerprint density at radius 1 is 1.05 bits per heavy atom. The maximum atomic E-state index is 10.6. The molecule has 5 heterocycles. The molecule has 1 aliphatic rings. The zero-order valence-corrected chi connectivity index (χ0v) is 21.0. The standard InChI is InChI=1S/C25H23N7O.C2HF3O2/c26-24-20(12-16(13-29-24)17-14-30-32(15-17)18-7-10-27-11-8-18)25-31-22-6-3-4-19(23(22)33-25)21-5-1-2-9-28-21;3-2(4,5)1(6)7/h1-6,9,12-15,18,27H,7-8,10-11H2,(H2,26,29);(H,6,7). The van der Waals surface area contributed by atoms with E-state index >= 15 is 0 Å². The van der Waals surface area contributed by atoms with E-state index in [1.165, 1.54) is 0 Å². The van der Waals surface area contributed by atoms with Crippen molar-refractivity contribution in [3.8, 4) is 33.8 Å². The number of hydrogen-bond donors (Lipinski definition) is 3. The van der Waals surface area contributed by atoms with Crippen LogP contribution in [0.4, 0.5) is 19.0 Å². The van der Waals surface area contributed by atoms with Gasteiger partial charge in [0.15, 0.2) is 5.58 Å². The first-order valence-corrected chi connectivity index (χ1v) is 12.3. The predicted molar refractivity (Wildman–Crippen MR) is 141 cm³/mol. The van der Waals surface area contributed by atoms with E-state index in [2.05, 4.69) is 31.3 Å². The van der Waals surface area contributed by atoms with Gasteiger partial charge < -0.3 is 20.6 Å². The lowest BCUT2D eigenvalue weighted by Gasteiger charge is -2.22. The minimum absolute atomic E-state index is 0.371. The number of hydrogen-bond acceptors (Lipinski definition) is 8. The number of aliphatic carboxylic acids is 1. The van der Waals surface area contributed by atoms with Crippen LogP contribution >= 0.6 is 0 Å². The zero-order chi connectivity index (χ0) is 28.3. The lowest BCUT2D eigenvalue weighted by atomic mass is 10.1. The van der Waals surface area contributed by atoms with E-state index in [9.17, 15) is 13.2 Å². The smallest absolute Gasteiger partial charge is 0.475 e. The Bertz CT molecular complexity index is 1630. The molecule has 0 saturated carbocycles. The number of alkyl halides is 3. The Morgan fingerprint density at radius 2 is 1.82 bits per heavy atom. The van der Waals surface area contributed by atoms with Gasteiger partial charge in [0.05, 0.1) is 23.5 Å². The normalized spacial score (nSPS) is 14.1. The second kappa shape index (κ2) is 11.1. The number of anilines is 1. The third-order valence-corrected chi connectivity index (χ3v) is 6.36. The quantitative estimate of drug-likeness (QED) is 0.282. The molecule has 1 saturated heterocycles. The van der Waals surface area contributed by atoms with Crippen molar-refractivity contribution in [2.75, 3.05) is 18.8 Å². The number of nitrogens with two attached hydrogens (primary N) is 1. The number of benzene rings is 1. The van der Waals surface area contributed by atoms with Gasteiger partial charge in [0.25, 0.3) is 0 Å². The Hall–Kier alpha value is -4.78. The molecule has 5 aromatic rings. The van der Waals surface area contributed by atoms with Crippen LogP contribution in [0.15, 0.2) is 71.7 Å². The summed E-state index contributed by atoms with van der Waals surface area (Å²) in [6, 6.07) is 14.0. The number of piperidine rings is 1. The van der Waals surface area contributed by atoms with Crippen LogP contribution in [-0.4, -0.2) is 55.1 Å². The van der Waals surface area contributed by atoms with Gasteiger partial charge in [0.2, 0.25) is 5.89 Å². The first kappa shape index (κ1) is 26.8. The molecule has 4 N–H and O–H groups in total. The fraction of sp³-hybridized carbons (Fsp3) is 0.222. The van der Waals surface area contributed by atoms with Crippen molar-refractivity contribution >= 4 is 22.9 Å². The van der Waals surface area contributed by atoms with Crippen molar-refractivity contribution in [3.05, 3.63) is 67.3 Å². The van der Waals surface area contributed by atoms with Crippen LogP contribution in [0.2, 0.25) is 0 Å². The van der Waals surface area contributed by atoms with Crippen LogP contribution in [0.25, 0.3) is 44.9 Å². The van der Waals surface area contributed by atoms with Crippen molar-refractivity contribution in [2.45, 2.75) is 25.1 Å². The van der Waals surface area contributed by atoms with Crippen molar-refractivity contribution in [3.63, 3.8) is 0 Å². The molecular weight excluding hydrogens is 527 g/mol. The average molecular weight is 552 g/mol. The van der Waals surface area contributed by atoms with Gasteiger partial charge in [-0.05, 0) is 56.3 Å². The monoisotopic (exact) mass is 551 g/mol. The summed E-state index contributed by atoms with van der Waals surface area (Å²) in [6.07, 6.45) is 4.57. The van der Waals surface area contributed by atoms with Gasteiger partial charge >= 0.3 is 12.1 Å². The Kier molecular flexibility index (Phi) is 7.47. The number of para-hydroxylation sites is 1. The van der Waals surface area contributed by atoms with E-state index in [1.807, 2.05) is 48.7 Å². The molecule has 0 aliphatic carbocycles. The number of nitrogens with zero attached hydrogens (tertiary/aromatic N) is 5. The van der Waals surface area contributed by atoms with E-state index in [0.29, 0.717) is 28.9 Å². The number of aromatic nitrogens is 5. The van der Waals surface area contributed by atoms with E-state index in [4.69, 9.17) is 25.0 Å². The number of halogens is 3. The zero-order valence-electron chi connectivity index (χ0n) is 21.0. The average Bonchev–Trinajstić information content (AvgIpc) is 3.62. The van der Waals surface area contributed by atoms with Crippen molar-refractivity contribution in [1.29, 1.82) is 0 Å². The molecule has 40 heavy (non-hydrogen) atoms. The largest absolute Gasteiger partial charge is 0.490 e. The Balaban J connectivity index is 0.000000411. The summed E-state index contributed by atoms with van der Waals surface area (Å²) in [5.74, 6) is -1.95. The Morgan fingerprint density at radius 3 is 2.52 bits per heavy atom. The fourth-order valence-electron chi connectivity index (χ4n) is 4.35. The van der Waals surface area contributed by atoms with Crippen LogP contribution in [0, 0.1) is 0 Å². The van der Waals surface area contributed by atoms with Gasteiger partial charge in [-0.2, -0.15) is 18.3 Å². The number of carboxylic acid groups (broad SMARTS) is 1. The van der Waals surface area contributed by atoms with Gasteiger partial charge in [0, 0.05) is 35.3 Å². The summed E-state index contributed by atoms with van der Waals surface area (Å²) in [7, 11) is 0. The van der Waals surface area contributed by atoms with Gasteiger partial charge in [0.1, 0.15) is 11.3 Å². The number of rotatable bonds is 4. The maximum absolute atomic E-state index is 10.6. The van der Waals surface area contributed by atoms with Crippen LogP contribution in [0.3, 0.4) is 0 Å². The molecule has 1 fully saturated rings. The van der Waals surface area contributed by atoms with Gasteiger partial charge in [-0.15, -0.1) is 0 Å². The molecular formula is C27H24F3N7O3. The van der Waals surface area contributed by atoms with Crippen LogP contribution in [-0.2, 0) is 4.79 Å². The highest BCUT2D eigenvalue weighted by atomic mass is 19.4. The number of nitrogen functional groups attached to an aromatic ring is 1. The lowest BCUT2D eigenvalue weighted by Crippen LogP contribution is -2.29. The third-order valence-electron chi connectivity index (χ3n) is 6.36. The highest BCUT2D eigenvalue weighted by Crippen LogP contribution is 2.35. The summed E-state index contributed by atoms with van der Waals surface area (Å²) in [6.45, 7) is 2.04. The molecule has 10 nitrogen and oxygen atoms in total. The first-order valence-electron chi connectivity index (χ1n) is 12.3. The number of pyridine rings is 2.